The van der Waals surface area contributed by atoms with Gasteiger partial charge >= 0.3 is 0 Å². The largest absolute Gasteiger partial charge is 0.374 e. The number of halogens is 1. The van der Waals surface area contributed by atoms with Crippen LogP contribution in [0.25, 0.3) is 0 Å². The number of ether oxygens (including phenoxy) is 1. The van der Waals surface area contributed by atoms with Crippen LogP contribution in [-0.4, -0.2) is 17.5 Å². The van der Waals surface area contributed by atoms with Crippen molar-refractivity contribution in [1.82, 2.24) is 0 Å². The van der Waals surface area contributed by atoms with Gasteiger partial charge in [0.1, 0.15) is 0 Å². The molecule has 0 bridgehead atoms. The molecule has 0 amide bonds. The van der Waals surface area contributed by atoms with Gasteiger partial charge < -0.3 is 4.74 Å². The van der Waals surface area contributed by atoms with E-state index >= 15 is 0 Å². The maximum absolute atomic E-state index is 6.34. The Morgan fingerprint density at radius 1 is 1.11 bits per heavy atom. The van der Waals surface area contributed by atoms with E-state index in [-0.39, 0.29) is 5.60 Å². The van der Waals surface area contributed by atoms with Gasteiger partial charge in [0.15, 0.2) is 0 Å². The molecule has 0 saturated heterocycles. The molecule has 2 saturated carbocycles. The summed E-state index contributed by atoms with van der Waals surface area (Å²) in [4.78, 5) is 0. The van der Waals surface area contributed by atoms with Crippen LogP contribution in [0.4, 0.5) is 0 Å². The van der Waals surface area contributed by atoms with Gasteiger partial charge in [-0.05, 0) is 49.4 Å². The molecule has 0 aromatic heterocycles. The van der Waals surface area contributed by atoms with E-state index in [1.807, 2.05) is 0 Å². The molecule has 0 N–H and O–H groups in total. The van der Waals surface area contributed by atoms with Crippen molar-refractivity contribution in [2.75, 3.05) is 11.9 Å². The zero-order valence-corrected chi connectivity index (χ0v) is 14.6. The van der Waals surface area contributed by atoms with Gasteiger partial charge in [-0.25, -0.2) is 0 Å². The maximum Gasteiger partial charge on any atom is 0.0779 e. The average Bonchev–Trinajstić information content (AvgIpc) is 2.32. The fraction of sp³-hybridized carbons (Fsp3) is 1.00. The van der Waals surface area contributed by atoms with E-state index in [0.717, 1.165) is 23.8 Å². The second kappa shape index (κ2) is 6.47. The van der Waals surface area contributed by atoms with Crippen molar-refractivity contribution < 1.29 is 4.74 Å². The highest BCUT2D eigenvalue weighted by Crippen LogP contribution is 2.43. The molecule has 2 aliphatic rings. The Kier molecular flexibility index (Phi) is 5.39. The zero-order valence-electron chi connectivity index (χ0n) is 13.0. The second-order valence-electron chi connectivity index (χ2n) is 7.89. The van der Waals surface area contributed by atoms with Crippen LogP contribution in [0.15, 0.2) is 0 Å². The summed E-state index contributed by atoms with van der Waals surface area (Å²) in [6.45, 7) is 8.14. The molecule has 0 heterocycles. The summed E-state index contributed by atoms with van der Waals surface area (Å²) in [7, 11) is 0. The van der Waals surface area contributed by atoms with Crippen LogP contribution in [0.3, 0.4) is 0 Å². The highest BCUT2D eigenvalue weighted by atomic mass is 79.9. The molecular formula is C17H31BrO. The lowest BCUT2D eigenvalue weighted by atomic mass is 9.69. The van der Waals surface area contributed by atoms with Gasteiger partial charge in [-0.3, -0.25) is 0 Å². The highest BCUT2D eigenvalue weighted by molar-refractivity contribution is 9.09. The molecular weight excluding hydrogens is 300 g/mol. The molecule has 0 aromatic rings. The Bertz CT molecular complexity index is 269. The lowest BCUT2D eigenvalue weighted by Gasteiger charge is -2.43. The molecule has 2 rings (SSSR count). The standard InChI is InChI=1S/C17H31BrO/c1-16(2,3)15-7-10-17(13-18,11-8-15)19-12-9-14-5-4-6-14/h14-15H,4-13H2,1-3H3. The molecule has 0 atom stereocenters. The number of hydrogen-bond acceptors (Lipinski definition) is 1. The fourth-order valence-electron chi connectivity index (χ4n) is 3.55. The molecule has 19 heavy (non-hydrogen) atoms. The van der Waals surface area contributed by atoms with Crippen molar-refractivity contribution in [3.8, 4) is 0 Å². The summed E-state index contributed by atoms with van der Waals surface area (Å²) in [5.41, 5.74) is 0.607. The summed E-state index contributed by atoms with van der Waals surface area (Å²) < 4.78 is 6.34. The van der Waals surface area contributed by atoms with Crippen molar-refractivity contribution in [1.29, 1.82) is 0 Å². The van der Waals surface area contributed by atoms with E-state index in [4.69, 9.17) is 4.74 Å². The van der Waals surface area contributed by atoms with Crippen LogP contribution in [-0.2, 0) is 4.74 Å². The first-order valence-corrected chi connectivity index (χ1v) is 9.27. The van der Waals surface area contributed by atoms with Crippen molar-refractivity contribution in [3.63, 3.8) is 0 Å². The van der Waals surface area contributed by atoms with Gasteiger partial charge in [-0.15, -0.1) is 0 Å². The van der Waals surface area contributed by atoms with E-state index in [2.05, 4.69) is 36.7 Å². The number of alkyl halides is 1. The SMILES string of the molecule is CC(C)(C)C1CCC(CBr)(OCCC2CCC2)CC1. The average molecular weight is 331 g/mol. The summed E-state index contributed by atoms with van der Waals surface area (Å²) >= 11 is 3.71. The summed E-state index contributed by atoms with van der Waals surface area (Å²) in [6.07, 6.45) is 10.8. The van der Waals surface area contributed by atoms with Gasteiger partial charge in [0.25, 0.3) is 0 Å². The third kappa shape index (κ3) is 4.20. The first-order chi connectivity index (χ1) is 8.95. The van der Waals surface area contributed by atoms with Gasteiger partial charge in [0.2, 0.25) is 0 Å². The van der Waals surface area contributed by atoms with Gasteiger partial charge in [-0.1, -0.05) is 56.0 Å². The molecule has 2 fully saturated rings. The van der Waals surface area contributed by atoms with Crippen LogP contribution in [0.1, 0.15) is 72.1 Å². The van der Waals surface area contributed by atoms with Crippen LogP contribution in [0.2, 0.25) is 0 Å². The minimum absolute atomic E-state index is 0.144. The Morgan fingerprint density at radius 3 is 2.16 bits per heavy atom. The normalized spacial score (nSPS) is 33.2. The van der Waals surface area contributed by atoms with Crippen molar-refractivity contribution in [3.05, 3.63) is 0 Å². The fourth-order valence-corrected chi connectivity index (χ4v) is 4.27. The van der Waals surface area contributed by atoms with Gasteiger partial charge in [0, 0.05) is 11.9 Å². The molecule has 0 unspecified atom stereocenters. The molecule has 1 nitrogen and oxygen atoms in total. The van der Waals surface area contributed by atoms with E-state index in [1.165, 1.54) is 51.4 Å². The van der Waals surface area contributed by atoms with Crippen molar-refractivity contribution in [2.45, 2.75) is 77.7 Å². The minimum Gasteiger partial charge on any atom is -0.374 e. The molecule has 0 radical (unpaired) electrons. The lowest BCUT2D eigenvalue weighted by molar-refractivity contribution is -0.0747. The predicted octanol–water partition coefficient (Wildman–Crippen LogP) is 5.56. The number of rotatable bonds is 5. The summed E-state index contributed by atoms with van der Waals surface area (Å²) in [5, 5.41) is 1.02. The smallest absolute Gasteiger partial charge is 0.0779 e. The van der Waals surface area contributed by atoms with Gasteiger partial charge in [0.05, 0.1) is 5.60 Å². The van der Waals surface area contributed by atoms with Crippen LogP contribution >= 0.6 is 15.9 Å². The topological polar surface area (TPSA) is 9.23 Å². The molecule has 0 aliphatic heterocycles. The predicted molar refractivity (Wildman–Crippen MR) is 85.8 cm³/mol. The van der Waals surface area contributed by atoms with E-state index in [9.17, 15) is 0 Å². The molecule has 2 heteroatoms. The van der Waals surface area contributed by atoms with E-state index in [1.54, 1.807) is 0 Å². The van der Waals surface area contributed by atoms with Crippen molar-refractivity contribution >= 4 is 15.9 Å². The second-order valence-corrected chi connectivity index (χ2v) is 8.45. The van der Waals surface area contributed by atoms with Crippen LogP contribution in [0, 0.1) is 17.3 Å². The molecule has 2 aliphatic carbocycles. The summed E-state index contributed by atoms with van der Waals surface area (Å²) in [5.74, 6) is 1.84. The molecule has 0 spiro atoms. The maximum atomic E-state index is 6.34. The van der Waals surface area contributed by atoms with E-state index in [0.29, 0.717) is 5.41 Å². The first-order valence-electron chi connectivity index (χ1n) is 8.15. The number of hydrogen-bond donors (Lipinski definition) is 0. The highest BCUT2D eigenvalue weighted by Gasteiger charge is 2.38. The van der Waals surface area contributed by atoms with Crippen LogP contribution < -0.4 is 0 Å². The third-order valence-corrected chi connectivity index (χ3v) is 6.55. The van der Waals surface area contributed by atoms with Crippen molar-refractivity contribution in [2.24, 2.45) is 17.3 Å². The monoisotopic (exact) mass is 330 g/mol. The third-order valence-electron chi connectivity index (χ3n) is 5.52. The molecule has 112 valence electrons. The van der Waals surface area contributed by atoms with E-state index < -0.39 is 0 Å². The Labute approximate surface area is 128 Å². The summed E-state index contributed by atoms with van der Waals surface area (Å²) in [6, 6.07) is 0. The van der Waals surface area contributed by atoms with Crippen LogP contribution in [0.5, 0.6) is 0 Å². The first kappa shape index (κ1) is 15.8. The molecule has 0 aromatic carbocycles. The Morgan fingerprint density at radius 2 is 1.74 bits per heavy atom. The minimum atomic E-state index is 0.144. The zero-order chi connectivity index (χ0) is 13.9. The quantitative estimate of drug-likeness (QED) is 0.599. The lowest BCUT2D eigenvalue weighted by Crippen LogP contribution is -2.41. The van der Waals surface area contributed by atoms with Gasteiger partial charge in [-0.2, -0.15) is 0 Å². The Hall–Kier alpha value is 0.440. The Balaban J connectivity index is 1.76.